The number of alkyl halides is 3. The second kappa shape index (κ2) is 8.84. The summed E-state index contributed by atoms with van der Waals surface area (Å²) in [4.78, 5) is 12.5. The lowest BCUT2D eigenvalue weighted by molar-refractivity contribution is -0.173. The summed E-state index contributed by atoms with van der Waals surface area (Å²) in [5.74, 6) is -2.09. The van der Waals surface area contributed by atoms with E-state index in [1.807, 2.05) is 0 Å². The third kappa shape index (κ3) is 4.47. The van der Waals surface area contributed by atoms with Gasteiger partial charge in [0, 0.05) is 18.6 Å². The fourth-order valence-electron chi connectivity index (χ4n) is 3.75. The largest absolute Gasteiger partial charge is 0.493 e. The Balaban J connectivity index is 1.65. The molecule has 0 fully saturated rings. The van der Waals surface area contributed by atoms with E-state index in [4.69, 9.17) is 9.47 Å². The van der Waals surface area contributed by atoms with Crippen molar-refractivity contribution in [3.05, 3.63) is 65.4 Å². The van der Waals surface area contributed by atoms with Crippen molar-refractivity contribution in [1.29, 1.82) is 0 Å². The van der Waals surface area contributed by atoms with Crippen molar-refractivity contribution in [3.8, 4) is 11.5 Å². The minimum Gasteiger partial charge on any atom is -0.493 e. The van der Waals surface area contributed by atoms with Crippen molar-refractivity contribution in [3.63, 3.8) is 0 Å². The molecule has 3 aromatic rings. The summed E-state index contributed by atoms with van der Waals surface area (Å²) in [6.07, 6.45) is -5.06. The summed E-state index contributed by atoms with van der Waals surface area (Å²) in [7, 11) is 2.86. The SMILES string of the molecule is COc1ccc([C@@H]2C[C@@H](C(F)(F)F)n3nc(C(=O)Nc4ccc(F)cc4F)cc3N2)cc1OC. The fraction of sp³-hybridized carbons (Fsp3) is 0.273. The monoisotopic (exact) mass is 482 g/mol. The zero-order valence-corrected chi connectivity index (χ0v) is 17.9. The number of benzene rings is 2. The Kier molecular flexibility index (Phi) is 6.07. The average Bonchev–Trinajstić information content (AvgIpc) is 3.23. The summed E-state index contributed by atoms with van der Waals surface area (Å²) < 4.78 is 79.8. The molecule has 0 spiro atoms. The number of anilines is 2. The van der Waals surface area contributed by atoms with Crippen LogP contribution in [-0.2, 0) is 0 Å². The Morgan fingerprint density at radius 2 is 1.82 bits per heavy atom. The Morgan fingerprint density at radius 3 is 2.47 bits per heavy atom. The first-order chi connectivity index (χ1) is 16.1. The molecule has 2 atom stereocenters. The minimum absolute atomic E-state index is 0.0434. The number of methoxy groups -OCH3 is 2. The molecule has 0 saturated carbocycles. The van der Waals surface area contributed by atoms with Gasteiger partial charge in [-0.05, 0) is 29.8 Å². The van der Waals surface area contributed by atoms with E-state index in [-0.39, 0.29) is 17.2 Å². The van der Waals surface area contributed by atoms with Gasteiger partial charge in [-0.15, -0.1) is 0 Å². The number of halogens is 5. The van der Waals surface area contributed by atoms with Crippen LogP contribution in [0.4, 0.5) is 33.5 Å². The van der Waals surface area contributed by atoms with Crippen LogP contribution in [-0.4, -0.2) is 36.1 Å². The molecule has 1 aliphatic heterocycles. The maximum Gasteiger partial charge on any atom is 0.410 e. The molecule has 7 nitrogen and oxygen atoms in total. The number of ether oxygens (including phenoxy) is 2. The Hall–Kier alpha value is -3.83. The second-order valence-electron chi connectivity index (χ2n) is 7.54. The number of carbonyl (C=O) groups excluding carboxylic acids is 1. The van der Waals surface area contributed by atoms with Gasteiger partial charge in [0.25, 0.3) is 5.91 Å². The van der Waals surface area contributed by atoms with Crippen LogP contribution in [0.2, 0.25) is 0 Å². The van der Waals surface area contributed by atoms with Crippen molar-refractivity contribution in [2.45, 2.75) is 24.7 Å². The van der Waals surface area contributed by atoms with Crippen LogP contribution in [0.25, 0.3) is 0 Å². The molecule has 34 heavy (non-hydrogen) atoms. The molecule has 1 amide bonds. The van der Waals surface area contributed by atoms with Crippen molar-refractivity contribution in [1.82, 2.24) is 9.78 Å². The van der Waals surface area contributed by atoms with Gasteiger partial charge in [-0.3, -0.25) is 4.79 Å². The molecule has 2 heterocycles. The Morgan fingerprint density at radius 1 is 1.09 bits per heavy atom. The smallest absolute Gasteiger partial charge is 0.410 e. The highest BCUT2D eigenvalue weighted by Crippen LogP contribution is 2.44. The highest BCUT2D eigenvalue weighted by atomic mass is 19.4. The zero-order chi connectivity index (χ0) is 24.6. The number of aromatic nitrogens is 2. The van der Waals surface area contributed by atoms with Gasteiger partial charge < -0.3 is 20.1 Å². The molecule has 1 aliphatic rings. The normalized spacial score (nSPS) is 17.5. The molecule has 0 bridgehead atoms. The topological polar surface area (TPSA) is 77.4 Å². The van der Waals surface area contributed by atoms with Gasteiger partial charge in [0.05, 0.1) is 25.9 Å². The number of nitrogens with one attached hydrogen (secondary N) is 2. The summed E-state index contributed by atoms with van der Waals surface area (Å²) in [5, 5.41) is 8.97. The van der Waals surface area contributed by atoms with Crippen LogP contribution in [0.5, 0.6) is 11.5 Å². The lowest BCUT2D eigenvalue weighted by Crippen LogP contribution is -2.35. The first-order valence-corrected chi connectivity index (χ1v) is 10.0. The van der Waals surface area contributed by atoms with E-state index in [1.54, 1.807) is 18.2 Å². The first kappa shape index (κ1) is 23.3. The molecule has 0 unspecified atom stereocenters. The van der Waals surface area contributed by atoms with E-state index in [9.17, 15) is 26.7 Å². The van der Waals surface area contributed by atoms with Gasteiger partial charge in [-0.2, -0.15) is 18.3 Å². The Labute approximate surface area is 190 Å². The molecule has 2 N–H and O–H groups in total. The Bertz CT molecular complexity index is 1230. The predicted octanol–water partition coefficient (Wildman–Crippen LogP) is 5.09. The van der Waals surface area contributed by atoms with Crippen molar-refractivity contribution < 1.29 is 36.2 Å². The summed E-state index contributed by atoms with van der Waals surface area (Å²) in [6, 6.07) is 5.62. The average molecular weight is 482 g/mol. The van der Waals surface area contributed by atoms with Crippen LogP contribution in [0.1, 0.15) is 34.6 Å². The third-order valence-corrected chi connectivity index (χ3v) is 5.41. The number of hydrogen-bond donors (Lipinski definition) is 2. The molecule has 2 aromatic carbocycles. The van der Waals surface area contributed by atoms with Crippen LogP contribution in [0, 0.1) is 11.6 Å². The van der Waals surface area contributed by atoms with Gasteiger partial charge >= 0.3 is 6.18 Å². The number of amides is 1. The number of nitrogens with zero attached hydrogens (tertiary/aromatic N) is 2. The van der Waals surface area contributed by atoms with Crippen molar-refractivity contribution in [2.75, 3.05) is 24.9 Å². The predicted molar refractivity (Wildman–Crippen MR) is 112 cm³/mol. The van der Waals surface area contributed by atoms with Crippen molar-refractivity contribution >= 4 is 17.4 Å². The van der Waals surface area contributed by atoms with Crippen molar-refractivity contribution in [2.24, 2.45) is 0 Å². The van der Waals surface area contributed by atoms with E-state index in [0.717, 1.165) is 18.2 Å². The molecule has 180 valence electrons. The highest BCUT2D eigenvalue weighted by molar-refractivity contribution is 6.03. The number of rotatable bonds is 5. The van der Waals surface area contributed by atoms with Gasteiger partial charge in [0.15, 0.2) is 23.2 Å². The third-order valence-electron chi connectivity index (χ3n) is 5.41. The lowest BCUT2D eigenvalue weighted by Gasteiger charge is -2.33. The minimum atomic E-state index is -4.66. The number of fused-ring (bicyclic) bond motifs is 1. The maximum atomic E-state index is 13.9. The summed E-state index contributed by atoms with van der Waals surface area (Å²) >= 11 is 0. The molecular weight excluding hydrogens is 463 g/mol. The summed E-state index contributed by atoms with van der Waals surface area (Å²) in [6.45, 7) is 0. The van der Waals surface area contributed by atoms with Crippen LogP contribution in [0.15, 0.2) is 42.5 Å². The standard InChI is InChI=1S/C22H19F5N4O3/c1-33-17-6-3-11(7-18(17)34-2)15-9-19(22(25,26)27)31-20(28-15)10-16(30-31)21(32)29-14-5-4-12(23)8-13(14)24/h3-8,10,15,19,28H,9H2,1-2H3,(H,29,32)/t15-,19-/m0/s1. The van der Waals surface area contributed by atoms with E-state index in [2.05, 4.69) is 15.7 Å². The van der Waals surface area contributed by atoms with Gasteiger partial charge in [-0.25, -0.2) is 13.5 Å². The van der Waals surface area contributed by atoms with E-state index >= 15 is 0 Å². The molecule has 1 aromatic heterocycles. The summed E-state index contributed by atoms with van der Waals surface area (Å²) in [5.41, 5.74) is -0.187. The van der Waals surface area contributed by atoms with Crippen LogP contribution in [0.3, 0.4) is 0 Å². The molecular formula is C22H19F5N4O3. The van der Waals surface area contributed by atoms with Gasteiger partial charge in [0.2, 0.25) is 0 Å². The quantitative estimate of drug-likeness (QED) is 0.496. The number of hydrogen-bond acceptors (Lipinski definition) is 5. The van der Waals surface area contributed by atoms with Crippen LogP contribution >= 0.6 is 0 Å². The second-order valence-corrected chi connectivity index (χ2v) is 7.54. The first-order valence-electron chi connectivity index (χ1n) is 10.0. The molecule has 0 saturated heterocycles. The molecule has 0 aliphatic carbocycles. The maximum absolute atomic E-state index is 13.9. The molecule has 0 radical (unpaired) electrons. The van der Waals surface area contributed by atoms with E-state index in [1.165, 1.54) is 14.2 Å². The molecule has 12 heteroatoms. The molecule has 4 rings (SSSR count). The van der Waals surface area contributed by atoms with Gasteiger partial charge in [-0.1, -0.05) is 6.07 Å². The zero-order valence-electron chi connectivity index (χ0n) is 17.9. The lowest BCUT2D eigenvalue weighted by atomic mass is 9.96. The van der Waals surface area contributed by atoms with E-state index in [0.29, 0.717) is 27.8 Å². The van der Waals surface area contributed by atoms with Gasteiger partial charge in [0.1, 0.15) is 17.5 Å². The highest BCUT2D eigenvalue weighted by Gasteiger charge is 2.47. The number of carbonyl (C=O) groups is 1. The fourth-order valence-corrected chi connectivity index (χ4v) is 3.75. The van der Waals surface area contributed by atoms with Crippen LogP contribution < -0.4 is 20.1 Å². The van der Waals surface area contributed by atoms with E-state index < -0.39 is 42.2 Å².